The smallest absolute Gasteiger partial charge is 0.527 e. The Morgan fingerprint density at radius 3 is 2.58 bits per heavy atom. The van der Waals surface area contributed by atoms with Crippen LogP contribution in [0.5, 0.6) is 5.75 Å². The summed E-state index contributed by atoms with van der Waals surface area (Å²) < 4.78 is 18.6. The molecule has 0 saturated heterocycles. The van der Waals surface area contributed by atoms with Crippen LogP contribution >= 0.6 is 0 Å². The van der Waals surface area contributed by atoms with Crippen molar-refractivity contribution in [3.63, 3.8) is 0 Å². The van der Waals surface area contributed by atoms with Crippen LogP contribution in [0, 0.1) is 0 Å². The summed E-state index contributed by atoms with van der Waals surface area (Å²) in [6.45, 7) is 0. The van der Waals surface area contributed by atoms with Crippen LogP contribution in [0.2, 0.25) is 0 Å². The second-order valence-electron chi connectivity index (χ2n) is 8.53. The van der Waals surface area contributed by atoms with Crippen molar-refractivity contribution in [1.29, 1.82) is 0 Å². The molecule has 4 nitrogen and oxygen atoms in total. The van der Waals surface area contributed by atoms with Crippen molar-refractivity contribution in [1.82, 2.24) is 0 Å². The zero-order valence-corrected chi connectivity index (χ0v) is 17.5. The summed E-state index contributed by atoms with van der Waals surface area (Å²) in [5.74, 6) is 1.69. The van der Waals surface area contributed by atoms with Crippen LogP contribution in [0.3, 0.4) is 0 Å². The molecule has 33 heavy (non-hydrogen) atoms. The van der Waals surface area contributed by atoms with Crippen LogP contribution in [-0.4, -0.2) is 7.05 Å². The van der Waals surface area contributed by atoms with Gasteiger partial charge >= 0.3 is 7.05 Å². The molecule has 2 aliphatic heterocycles. The van der Waals surface area contributed by atoms with Gasteiger partial charge in [0.2, 0.25) is 0 Å². The number of furan rings is 2. The molecule has 0 aliphatic carbocycles. The molecule has 5 heteroatoms. The number of fused-ring (bicyclic) bond motifs is 11. The Balaban J connectivity index is 1.35. The Hall–Kier alpha value is -4.38. The highest BCUT2D eigenvalue weighted by atomic mass is 16.5. The average Bonchev–Trinajstić information content (AvgIpc) is 3.58. The van der Waals surface area contributed by atoms with Gasteiger partial charge in [-0.3, -0.25) is 0 Å². The number of para-hydroxylation sites is 4. The first-order chi connectivity index (χ1) is 16.4. The van der Waals surface area contributed by atoms with E-state index in [1.807, 2.05) is 36.4 Å². The van der Waals surface area contributed by atoms with Crippen LogP contribution in [0.4, 0.5) is 11.6 Å². The minimum Gasteiger partial charge on any atom is -0.536 e. The van der Waals surface area contributed by atoms with E-state index in [0.29, 0.717) is 0 Å². The fourth-order valence-electron chi connectivity index (χ4n) is 5.31. The molecule has 0 radical (unpaired) electrons. The van der Waals surface area contributed by atoms with Crippen molar-refractivity contribution in [2.75, 3.05) is 4.81 Å². The first kappa shape index (κ1) is 17.2. The number of anilines is 2. The summed E-state index contributed by atoms with van der Waals surface area (Å²) in [7, 11) is -0.243. The maximum Gasteiger partial charge on any atom is 0.527 e. The topological polar surface area (TPSA) is 38.8 Å². The predicted octanol–water partition coefficient (Wildman–Crippen LogP) is 6.75. The Morgan fingerprint density at radius 2 is 1.58 bits per heavy atom. The lowest BCUT2D eigenvalue weighted by Gasteiger charge is -2.27. The van der Waals surface area contributed by atoms with Gasteiger partial charge in [-0.05, 0) is 46.9 Å². The van der Waals surface area contributed by atoms with E-state index in [2.05, 4.69) is 59.4 Å². The third-order valence-electron chi connectivity index (χ3n) is 6.79. The Labute approximate surface area is 189 Å². The first-order valence-electron chi connectivity index (χ1n) is 11.0. The minimum absolute atomic E-state index is 0.243. The lowest BCUT2D eigenvalue weighted by atomic mass is 9.65. The fourth-order valence-corrected chi connectivity index (χ4v) is 5.31. The van der Waals surface area contributed by atoms with E-state index in [1.54, 1.807) is 6.26 Å². The van der Waals surface area contributed by atoms with Crippen molar-refractivity contribution in [2.24, 2.45) is 0 Å². The first-order valence-corrected chi connectivity index (χ1v) is 11.0. The highest BCUT2D eigenvalue weighted by Crippen LogP contribution is 2.48. The molecule has 0 bridgehead atoms. The number of benzene rings is 4. The summed E-state index contributed by atoms with van der Waals surface area (Å²) in [6.07, 6.45) is 1.75. The standard InChI is InChI=1S/C28H16BNO3/c1-3-10-25-19(6-1)20-8-5-7-18(27(20)32-25)17-12-13-23-22(16-17)21-14-15-31-28(21)30-24-9-2-4-11-26(24)33-29(23)30/h1-16H. The third-order valence-corrected chi connectivity index (χ3v) is 6.79. The molecule has 0 N–H and O–H groups in total. The van der Waals surface area contributed by atoms with Crippen LogP contribution in [0.15, 0.2) is 106 Å². The molecule has 2 aliphatic rings. The minimum atomic E-state index is -0.243. The average molecular weight is 425 g/mol. The molecule has 0 spiro atoms. The molecule has 8 rings (SSSR count). The maximum absolute atomic E-state index is 6.37. The number of hydrogen-bond donors (Lipinski definition) is 0. The second-order valence-corrected chi connectivity index (χ2v) is 8.53. The van der Waals surface area contributed by atoms with E-state index in [1.165, 1.54) is 0 Å². The highest BCUT2D eigenvalue weighted by molar-refractivity contribution is 6.77. The third kappa shape index (κ3) is 2.21. The molecule has 0 unspecified atom stereocenters. The quantitative estimate of drug-likeness (QED) is 0.273. The largest absolute Gasteiger partial charge is 0.536 e. The van der Waals surface area contributed by atoms with Crippen molar-refractivity contribution < 1.29 is 13.5 Å². The van der Waals surface area contributed by atoms with Gasteiger partial charge in [0.15, 0.2) is 5.88 Å². The summed E-state index contributed by atoms with van der Waals surface area (Å²) in [6, 6.07) is 31.2. The molecule has 4 heterocycles. The zero-order chi connectivity index (χ0) is 21.5. The number of rotatable bonds is 1. The van der Waals surface area contributed by atoms with Crippen molar-refractivity contribution >= 4 is 46.0 Å². The molecule has 0 atom stereocenters. The number of hydrogen-bond acceptors (Lipinski definition) is 4. The predicted molar refractivity (Wildman–Crippen MR) is 131 cm³/mol. The van der Waals surface area contributed by atoms with Gasteiger partial charge in [-0.25, -0.2) is 0 Å². The Kier molecular flexibility index (Phi) is 3.19. The van der Waals surface area contributed by atoms with Crippen molar-refractivity contribution in [2.45, 2.75) is 0 Å². The molecule has 0 amide bonds. The van der Waals surface area contributed by atoms with Gasteiger partial charge in [-0.1, -0.05) is 60.7 Å². The monoisotopic (exact) mass is 425 g/mol. The SMILES string of the molecule is c1ccc2c(c1)OB1c3ccc(-c4cccc5c4oc4ccccc45)cc3-c3ccoc3N12. The molecule has 0 fully saturated rings. The summed E-state index contributed by atoms with van der Waals surface area (Å²) >= 11 is 0. The zero-order valence-electron chi connectivity index (χ0n) is 17.5. The van der Waals surface area contributed by atoms with Gasteiger partial charge in [0, 0.05) is 21.9 Å². The lowest BCUT2D eigenvalue weighted by molar-refractivity contribution is 0.569. The van der Waals surface area contributed by atoms with Gasteiger partial charge in [0.25, 0.3) is 0 Å². The molecular formula is C28H16BNO3. The van der Waals surface area contributed by atoms with E-state index in [-0.39, 0.29) is 7.05 Å². The molecule has 6 aromatic rings. The van der Waals surface area contributed by atoms with Crippen molar-refractivity contribution in [3.8, 4) is 28.0 Å². The Morgan fingerprint density at radius 1 is 0.697 bits per heavy atom. The van der Waals surface area contributed by atoms with E-state index in [9.17, 15) is 0 Å². The lowest BCUT2D eigenvalue weighted by Crippen LogP contribution is -2.50. The number of nitrogens with zero attached hydrogens (tertiary/aromatic N) is 1. The highest BCUT2D eigenvalue weighted by Gasteiger charge is 2.46. The van der Waals surface area contributed by atoms with Crippen LogP contribution in [0.1, 0.15) is 0 Å². The molecule has 2 aromatic heterocycles. The summed E-state index contributed by atoms with van der Waals surface area (Å²) in [5.41, 5.74) is 8.35. The Bertz CT molecular complexity index is 1730. The van der Waals surface area contributed by atoms with E-state index in [4.69, 9.17) is 13.5 Å². The fraction of sp³-hybridized carbons (Fsp3) is 0. The maximum atomic E-state index is 6.37. The van der Waals surface area contributed by atoms with Gasteiger partial charge in [0.1, 0.15) is 16.9 Å². The summed E-state index contributed by atoms with van der Waals surface area (Å²) in [4.78, 5) is 2.15. The molecule has 154 valence electrons. The van der Waals surface area contributed by atoms with Crippen LogP contribution < -0.4 is 14.9 Å². The second kappa shape index (κ2) is 6.11. The van der Waals surface area contributed by atoms with Gasteiger partial charge in [0.05, 0.1) is 12.0 Å². The summed E-state index contributed by atoms with van der Waals surface area (Å²) in [5, 5.41) is 2.27. The normalized spacial score (nSPS) is 13.6. The molecule has 4 aromatic carbocycles. The molecule has 0 saturated carbocycles. The molecular weight excluding hydrogens is 409 g/mol. The van der Waals surface area contributed by atoms with E-state index >= 15 is 0 Å². The van der Waals surface area contributed by atoms with Gasteiger partial charge in [-0.2, -0.15) is 0 Å². The van der Waals surface area contributed by atoms with Crippen LogP contribution in [0.25, 0.3) is 44.2 Å². The van der Waals surface area contributed by atoms with E-state index < -0.39 is 0 Å². The van der Waals surface area contributed by atoms with E-state index in [0.717, 1.165) is 67.0 Å². The van der Waals surface area contributed by atoms with Crippen LogP contribution in [-0.2, 0) is 0 Å². The van der Waals surface area contributed by atoms with Crippen molar-refractivity contribution in [3.05, 3.63) is 97.3 Å². The van der Waals surface area contributed by atoms with Gasteiger partial charge < -0.3 is 18.3 Å². The van der Waals surface area contributed by atoms with Gasteiger partial charge in [-0.15, -0.1) is 0 Å².